The molecule has 3 aromatic rings. The van der Waals surface area contributed by atoms with Crippen LogP contribution in [0.3, 0.4) is 0 Å². The largest absolute Gasteiger partial charge is 0.481 e. The minimum atomic E-state index is -4.00. The molecule has 0 saturated heterocycles. The zero-order valence-corrected chi connectivity index (χ0v) is 21.2. The predicted octanol–water partition coefficient (Wildman–Crippen LogP) is 4.41. The van der Waals surface area contributed by atoms with E-state index >= 15 is 0 Å². The van der Waals surface area contributed by atoms with Crippen LogP contribution in [0.2, 0.25) is 0 Å². The number of nitrogens with one attached hydrogen (secondary N) is 2. The van der Waals surface area contributed by atoms with Crippen molar-refractivity contribution in [2.75, 3.05) is 24.9 Å². The molecule has 2 heterocycles. The van der Waals surface area contributed by atoms with Crippen LogP contribution in [0.1, 0.15) is 27.7 Å². The van der Waals surface area contributed by atoms with E-state index in [1.807, 2.05) is 13.8 Å². The third-order valence-electron chi connectivity index (χ3n) is 4.64. The zero-order valence-electron chi connectivity index (χ0n) is 18.8. The maximum atomic E-state index is 12.6. The van der Waals surface area contributed by atoms with Crippen molar-refractivity contribution < 1.29 is 22.7 Å². The lowest BCUT2D eigenvalue weighted by Gasteiger charge is -2.16. The first kappa shape index (κ1) is 25.3. The van der Waals surface area contributed by atoms with E-state index in [-0.39, 0.29) is 21.7 Å². The number of carbonyl (C=O) groups is 1. The number of anilines is 2. The maximum Gasteiger partial charge on any atom is 0.341 e. The molecule has 1 aromatic carbocycles. The van der Waals surface area contributed by atoms with E-state index in [4.69, 9.17) is 21.7 Å². The number of sulfonamides is 1. The number of aromatic nitrogens is 2. The molecule has 2 aromatic heterocycles. The number of rotatable bonds is 8. The molecule has 0 saturated carbocycles. The number of hydrogen-bond donors (Lipinski definition) is 2. The third-order valence-corrected chi connectivity index (χ3v) is 7.20. The standard InChI is InChI=1S/C21H23N5O5S3/c1-5-15-12(2)33-19(18(15)20(27)31-4)25-21(32)24-13-6-8-14(9-7-13)34(28,29)26-16-10-17(30-3)23-11-22-16/h6-11H,5H2,1-4H3,(H3,22,23,24,25,26,27,32)/p-1. The van der Waals surface area contributed by atoms with Gasteiger partial charge in [0.2, 0.25) is 15.9 Å². The van der Waals surface area contributed by atoms with E-state index < -0.39 is 16.0 Å². The minimum Gasteiger partial charge on any atom is -0.481 e. The van der Waals surface area contributed by atoms with Gasteiger partial charge in [0.15, 0.2) is 5.11 Å². The molecule has 3 rings (SSSR count). The van der Waals surface area contributed by atoms with Gasteiger partial charge in [0, 0.05) is 16.9 Å². The first-order chi connectivity index (χ1) is 16.2. The Morgan fingerprint density at radius 2 is 1.88 bits per heavy atom. The van der Waals surface area contributed by atoms with Crippen molar-refractivity contribution in [3.05, 3.63) is 57.4 Å². The molecule has 13 heteroatoms. The summed E-state index contributed by atoms with van der Waals surface area (Å²) < 4.78 is 38.8. The fraction of sp³-hybridized carbons (Fsp3) is 0.238. The molecule has 0 aliphatic carbocycles. The van der Waals surface area contributed by atoms with Gasteiger partial charge < -0.3 is 29.8 Å². The third kappa shape index (κ3) is 5.79. The van der Waals surface area contributed by atoms with Gasteiger partial charge in [0.25, 0.3) is 0 Å². The van der Waals surface area contributed by atoms with E-state index in [9.17, 15) is 13.2 Å². The number of ether oxygens (including phenoxy) is 2. The van der Waals surface area contributed by atoms with Crippen molar-refractivity contribution in [2.24, 2.45) is 0 Å². The van der Waals surface area contributed by atoms with Gasteiger partial charge in [0.05, 0.1) is 24.7 Å². The van der Waals surface area contributed by atoms with E-state index in [1.54, 1.807) is 12.1 Å². The summed E-state index contributed by atoms with van der Waals surface area (Å²) >= 11 is 6.78. The van der Waals surface area contributed by atoms with Crippen LogP contribution >= 0.6 is 23.6 Å². The quantitative estimate of drug-likeness (QED) is 0.325. The Labute approximate surface area is 206 Å². The van der Waals surface area contributed by atoms with Crippen molar-refractivity contribution in [2.45, 2.75) is 25.2 Å². The SMILES string of the molecule is CCc1c(C)sc(NC(=S)Nc2ccc(S(=O)(=O)[N-]c3cc(OC)ncn3)cc2)c1C(=O)OC. The van der Waals surface area contributed by atoms with E-state index in [1.165, 1.54) is 43.8 Å². The smallest absolute Gasteiger partial charge is 0.341 e. The molecule has 0 aliphatic rings. The van der Waals surface area contributed by atoms with E-state index in [0.29, 0.717) is 22.7 Å². The van der Waals surface area contributed by atoms with Crippen LogP contribution < -0.4 is 15.4 Å². The molecule has 2 N–H and O–H groups in total. The molecule has 10 nitrogen and oxygen atoms in total. The summed E-state index contributed by atoms with van der Waals surface area (Å²) in [5, 5.41) is 6.83. The van der Waals surface area contributed by atoms with Crippen LogP contribution in [0.15, 0.2) is 41.6 Å². The molecule has 0 unspecified atom stereocenters. The lowest BCUT2D eigenvalue weighted by atomic mass is 10.1. The Balaban J connectivity index is 1.71. The van der Waals surface area contributed by atoms with Gasteiger partial charge in [-0.2, -0.15) is 0 Å². The number of methoxy groups -OCH3 is 2. The first-order valence-corrected chi connectivity index (χ1v) is 12.6. The van der Waals surface area contributed by atoms with Gasteiger partial charge >= 0.3 is 5.97 Å². The van der Waals surface area contributed by atoms with Crippen molar-refractivity contribution in [3.63, 3.8) is 0 Å². The summed E-state index contributed by atoms with van der Waals surface area (Å²) in [6, 6.07) is 7.21. The highest BCUT2D eigenvalue weighted by molar-refractivity contribution is 7.94. The summed E-state index contributed by atoms with van der Waals surface area (Å²) in [5.74, 6) is -0.281. The number of thiocarbonyl (C=S) groups is 1. The van der Waals surface area contributed by atoms with Crippen LogP contribution in [0.4, 0.5) is 16.5 Å². The lowest BCUT2D eigenvalue weighted by molar-refractivity contribution is 0.0601. The fourth-order valence-electron chi connectivity index (χ4n) is 3.05. The average molecular weight is 521 g/mol. The first-order valence-electron chi connectivity index (χ1n) is 9.91. The second kappa shape index (κ2) is 10.8. The summed E-state index contributed by atoms with van der Waals surface area (Å²) in [7, 11) is -1.26. The minimum absolute atomic E-state index is 0.0241. The van der Waals surface area contributed by atoms with Crippen molar-refractivity contribution in [1.82, 2.24) is 9.97 Å². The van der Waals surface area contributed by atoms with Crippen LogP contribution in [-0.4, -0.2) is 43.7 Å². The van der Waals surface area contributed by atoms with E-state index in [2.05, 4.69) is 25.3 Å². The normalized spacial score (nSPS) is 10.9. The maximum absolute atomic E-state index is 12.6. The van der Waals surface area contributed by atoms with Gasteiger partial charge in [-0.15, -0.1) is 11.3 Å². The number of thiophene rings is 1. The molecule has 0 fully saturated rings. The fourth-order valence-corrected chi connectivity index (χ4v) is 5.41. The number of nitrogens with zero attached hydrogens (tertiary/aromatic N) is 3. The summed E-state index contributed by atoms with van der Waals surface area (Å²) in [5.41, 5.74) is 1.91. The highest BCUT2D eigenvalue weighted by atomic mass is 32.2. The van der Waals surface area contributed by atoms with Crippen molar-refractivity contribution in [3.8, 4) is 5.88 Å². The Bertz CT molecular complexity index is 1310. The highest BCUT2D eigenvalue weighted by Crippen LogP contribution is 2.34. The molecule has 0 amide bonds. The molecule has 0 atom stereocenters. The number of carbonyl (C=O) groups excluding carboxylic acids is 1. The van der Waals surface area contributed by atoms with Crippen LogP contribution in [0.5, 0.6) is 5.88 Å². The predicted molar refractivity (Wildman–Crippen MR) is 135 cm³/mol. The van der Waals surface area contributed by atoms with Gasteiger partial charge in [0.1, 0.15) is 5.00 Å². The van der Waals surface area contributed by atoms with Gasteiger partial charge in [-0.05, 0) is 67.3 Å². The molecule has 0 spiro atoms. The molecular weight excluding hydrogens is 498 g/mol. The second-order valence-electron chi connectivity index (χ2n) is 6.77. The average Bonchev–Trinajstić information content (AvgIpc) is 3.12. The molecule has 0 aliphatic heterocycles. The number of benzene rings is 1. The number of esters is 1. The zero-order chi connectivity index (χ0) is 24.9. The molecule has 34 heavy (non-hydrogen) atoms. The van der Waals surface area contributed by atoms with E-state index in [0.717, 1.165) is 16.8 Å². The van der Waals surface area contributed by atoms with Crippen LogP contribution in [0.25, 0.3) is 4.72 Å². The summed E-state index contributed by atoms with van der Waals surface area (Å²) in [4.78, 5) is 20.9. The van der Waals surface area contributed by atoms with Crippen molar-refractivity contribution in [1.29, 1.82) is 0 Å². The molecule has 0 radical (unpaired) electrons. The Kier molecular flexibility index (Phi) is 8.02. The second-order valence-corrected chi connectivity index (χ2v) is 10.0. The molecule has 180 valence electrons. The topological polar surface area (TPSA) is 134 Å². The monoisotopic (exact) mass is 520 g/mol. The number of aryl methyl sites for hydroxylation is 1. The highest BCUT2D eigenvalue weighted by Gasteiger charge is 2.22. The molecule has 0 bridgehead atoms. The lowest BCUT2D eigenvalue weighted by Crippen LogP contribution is -2.20. The summed E-state index contributed by atoms with van der Waals surface area (Å²) in [6.45, 7) is 3.89. The Morgan fingerprint density at radius 1 is 1.18 bits per heavy atom. The number of hydrogen-bond acceptors (Lipinski definition) is 9. The van der Waals surface area contributed by atoms with Gasteiger partial charge in [-0.1, -0.05) is 6.92 Å². The van der Waals surface area contributed by atoms with Gasteiger partial charge in [-0.25, -0.2) is 18.2 Å². The molecular formula is C21H22N5O5S3-. The van der Waals surface area contributed by atoms with Crippen LogP contribution in [-0.2, 0) is 21.2 Å². The van der Waals surface area contributed by atoms with Gasteiger partial charge in [-0.3, -0.25) is 0 Å². The van der Waals surface area contributed by atoms with Crippen LogP contribution in [0, 0.1) is 6.92 Å². The van der Waals surface area contributed by atoms with Crippen molar-refractivity contribution >= 4 is 61.2 Å². The Hall–Kier alpha value is -3.29. The Morgan fingerprint density at radius 3 is 2.50 bits per heavy atom. The summed E-state index contributed by atoms with van der Waals surface area (Å²) in [6.07, 6.45) is 1.84.